The highest BCUT2D eigenvalue weighted by atomic mass is 32.3. The van der Waals surface area contributed by atoms with Gasteiger partial charge in [-0.2, -0.15) is 18.6 Å². The molecule has 0 spiro atoms. The lowest BCUT2D eigenvalue weighted by molar-refractivity contribution is 0.387. The maximum absolute atomic E-state index is 10.6. The molecule has 0 aliphatic rings. The second-order valence-electron chi connectivity index (χ2n) is 4.62. The lowest BCUT2D eigenvalue weighted by atomic mass is 10.3. The highest BCUT2D eigenvalue weighted by Crippen LogP contribution is 2.23. The zero-order valence-corrected chi connectivity index (χ0v) is 12.9. The Bertz CT molecular complexity index is 754. The van der Waals surface area contributed by atoms with Gasteiger partial charge in [-0.3, -0.25) is 4.55 Å². The number of hydrogen-bond donors (Lipinski definition) is 1. The molecule has 1 N–H and O–H groups in total. The van der Waals surface area contributed by atoms with Gasteiger partial charge in [0.1, 0.15) is 5.75 Å². The van der Waals surface area contributed by atoms with Crippen LogP contribution in [0.2, 0.25) is 0 Å². The first-order valence-corrected chi connectivity index (χ1v) is 7.66. The Hall–Kier alpha value is -2.45. The van der Waals surface area contributed by atoms with Gasteiger partial charge in [0.2, 0.25) is 0 Å². The van der Waals surface area contributed by atoms with E-state index in [1.54, 1.807) is 0 Å². The molecule has 0 aliphatic carbocycles. The normalized spacial score (nSPS) is 11.6. The summed E-state index contributed by atoms with van der Waals surface area (Å²) < 4.78 is 34.0. The Balaban J connectivity index is 2.06. The second-order valence-corrected chi connectivity index (χ2v) is 5.64. The Morgan fingerprint density at radius 3 is 1.77 bits per heavy atom. The molecular weight excluding hydrogens is 306 g/mol. The molecule has 0 fully saturated rings. The fourth-order valence-electron chi connectivity index (χ4n) is 1.62. The molecule has 2 aromatic carbocycles. The van der Waals surface area contributed by atoms with E-state index in [9.17, 15) is 8.42 Å². The van der Waals surface area contributed by atoms with Crippen molar-refractivity contribution >= 4 is 27.5 Å². The van der Waals surface area contributed by atoms with Crippen molar-refractivity contribution in [3.05, 3.63) is 48.5 Å². The molecule has 0 unspecified atom stereocenters. The molecule has 0 heterocycles. The van der Waals surface area contributed by atoms with Gasteiger partial charge in [-0.1, -0.05) is 0 Å². The molecule has 7 nitrogen and oxygen atoms in total. The number of nitrogens with zero attached hydrogens (tertiary/aromatic N) is 3. The van der Waals surface area contributed by atoms with Crippen LogP contribution in [0.15, 0.2) is 58.8 Å². The van der Waals surface area contributed by atoms with Crippen LogP contribution in [0.1, 0.15) is 0 Å². The van der Waals surface area contributed by atoms with Gasteiger partial charge in [0.15, 0.2) is 0 Å². The second kappa shape index (κ2) is 6.54. The van der Waals surface area contributed by atoms with Crippen LogP contribution in [0.5, 0.6) is 5.75 Å². The predicted octanol–water partition coefficient (Wildman–Crippen LogP) is 3.35. The van der Waals surface area contributed by atoms with E-state index in [2.05, 4.69) is 14.4 Å². The van der Waals surface area contributed by atoms with Crippen molar-refractivity contribution in [1.82, 2.24) is 0 Å². The molecule has 0 aliphatic heterocycles. The van der Waals surface area contributed by atoms with Crippen molar-refractivity contribution in [2.24, 2.45) is 10.2 Å². The van der Waals surface area contributed by atoms with E-state index in [-0.39, 0.29) is 5.75 Å². The summed E-state index contributed by atoms with van der Waals surface area (Å²) in [5.74, 6) is -0.00298. The summed E-state index contributed by atoms with van der Waals surface area (Å²) in [5, 5.41) is 8.11. The van der Waals surface area contributed by atoms with Crippen molar-refractivity contribution < 1.29 is 17.2 Å². The first-order valence-electron chi connectivity index (χ1n) is 6.29. The highest BCUT2D eigenvalue weighted by molar-refractivity contribution is 7.81. The van der Waals surface area contributed by atoms with Crippen LogP contribution in [-0.2, 0) is 10.4 Å². The minimum Gasteiger partial charge on any atom is -0.378 e. The zero-order chi connectivity index (χ0) is 16.2. The summed E-state index contributed by atoms with van der Waals surface area (Å²) in [6.45, 7) is 0. The lowest BCUT2D eigenvalue weighted by Gasteiger charge is -2.11. The topological polar surface area (TPSA) is 91.6 Å². The molecule has 22 heavy (non-hydrogen) atoms. The van der Waals surface area contributed by atoms with E-state index in [0.717, 1.165) is 5.69 Å². The molecule has 0 aromatic heterocycles. The monoisotopic (exact) mass is 321 g/mol. The minimum absolute atomic E-state index is 0.00298. The Kier molecular flexibility index (Phi) is 4.74. The van der Waals surface area contributed by atoms with Gasteiger partial charge in [-0.25, -0.2) is 0 Å². The van der Waals surface area contributed by atoms with E-state index in [4.69, 9.17) is 4.55 Å². The van der Waals surface area contributed by atoms with Crippen molar-refractivity contribution in [2.75, 3.05) is 19.0 Å². The van der Waals surface area contributed by atoms with Gasteiger partial charge in [-0.15, -0.1) is 0 Å². The van der Waals surface area contributed by atoms with Gasteiger partial charge in [0.05, 0.1) is 11.4 Å². The van der Waals surface area contributed by atoms with Gasteiger partial charge >= 0.3 is 10.4 Å². The van der Waals surface area contributed by atoms with Crippen molar-refractivity contribution in [3.63, 3.8) is 0 Å². The molecule has 2 rings (SSSR count). The Morgan fingerprint density at radius 2 is 1.36 bits per heavy atom. The predicted molar refractivity (Wildman–Crippen MR) is 83.6 cm³/mol. The summed E-state index contributed by atoms with van der Waals surface area (Å²) in [6, 6.07) is 13.3. The standard InChI is InChI=1S/C14H15N3O4S/c1-17(2)13-7-3-11(4-8-13)15-16-12-5-9-14(10-6-12)21-22(18,19)20/h3-10H,1-2H3,(H,18,19,20). The highest BCUT2D eigenvalue weighted by Gasteiger charge is 2.06. The number of anilines is 1. The molecule has 0 saturated carbocycles. The van der Waals surface area contributed by atoms with E-state index in [1.165, 1.54) is 24.3 Å². The molecule has 116 valence electrons. The smallest absolute Gasteiger partial charge is 0.378 e. The van der Waals surface area contributed by atoms with Crippen LogP contribution in [-0.4, -0.2) is 27.1 Å². The maximum Gasteiger partial charge on any atom is 0.446 e. The molecule has 0 radical (unpaired) electrons. The number of azo groups is 1. The lowest BCUT2D eigenvalue weighted by Crippen LogP contribution is -2.07. The van der Waals surface area contributed by atoms with E-state index in [1.807, 2.05) is 43.3 Å². The number of hydrogen-bond acceptors (Lipinski definition) is 6. The average Bonchev–Trinajstić information content (AvgIpc) is 2.45. The van der Waals surface area contributed by atoms with Crippen LogP contribution < -0.4 is 9.08 Å². The largest absolute Gasteiger partial charge is 0.446 e. The fraction of sp³-hybridized carbons (Fsp3) is 0.143. The Morgan fingerprint density at radius 1 is 0.909 bits per heavy atom. The fourth-order valence-corrected chi connectivity index (χ4v) is 1.98. The summed E-state index contributed by atoms with van der Waals surface area (Å²) >= 11 is 0. The third-order valence-corrected chi connectivity index (χ3v) is 3.09. The quantitative estimate of drug-likeness (QED) is 0.673. The summed E-state index contributed by atoms with van der Waals surface area (Å²) in [6.07, 6.45) is 0. The molecule has 2 aromatic rings. The van der Waals surface area contributed by atoms with Gasteiger partial charge in [-0.05, 0) is 48.5 Å². The van der Waals surface area contributed by atoms with Crippen molar-refractivity contribution in [2.45, 2.75) is 0 Å². The molecular formula is C14H15N3O4S. The van der Waals surface area contributed by atoms with Crippen molar-refractivity contribution in [3.8, 4) is 5.75 Å². The van der Waals surface area contributed by atoms with Crippen LogP contribution in [0.3, 0.4) is 0 Å². The number of rotatable bonds is 5. The molecule has 0 saturated heterocycles. The molecule has 0 amide bonds. The SMILES string of the molecule is CN(C)c1ccc(N=Nc2ccc(OS(=O)(=O)O)cc2)cc1. The van der Waals surface area contributed by atoms with Crippen LogP contribution >= 0.6 is 0 Å². The van der Waals surface area contributed by atoms with E-state index in [0.29, 0.717) is 11.4 Å². The number of benzene rings is 2. The first kappa shape index (κ1) is 15.9. The maximum atomic E-state index is 10.6. The van der Waals surface area contributed by atoms with E-state index >= 15 is 0 Å². The van der Waals surface area contributed by atoms with Crippen LogP contribution in [0, 0.1) is 0 Å². The molecule has 0 bridgehead atoms. The Labute approximate surface area is 128 Å². The van der Waals surface area contributed by atoms with Crippen LogP contribution in [0.4, 0.5) is 17.1 Å². The zero-order valence-electron chi connectivity index (χ0n) is 12.0. The third kappa shape index (κ3) is 4.83. The first-order chi connectivity index (χ1) is 10.3. The van der Waals surface area contributed by atoms with Crippen molar-refractivity contribution in [1.29, 1.82) is 0 Å². The minimum atomic E-state index is -4.51. The molecule has 8 heteroatoms. The summed E-state index contributed by atoms with van der Waals surface area (Å²) in [7, 11) is -0.612. The summed E-state index contributed by atoms with van der Waals surface area (Å²) in [4.78, 5) is 1.98. The van der Waals surface area contributed by atoms with E-state index < -0.39 is 10.4 Å². The third-order valence-electron chi connectivity index (χ3n) is 2.69. The summed E-state index contributed by atoms with van der Waals surface area (Å²) in [5.41, 5.74) is 2.29. The average molecular weight is 321 g/mol. The van der Waals surface area contributed by atoms with Gasteiger partial charge in [0.25, 0.3) is 0 Å². The molecule has 0 atom stereocenters. The van der Waals surface area contributed by atoms with Gasteiger partial charge < -0.3 is 9.08 Å². The van der Waals surface area contributed by atoms with Crippen LogP contribution in [0.25, 0.3) is 0 Å². The van der Waals surface area contributed by atoms with Gasteiger partial charge in [0, 0.05) is 19.8 Å².